The first-order valence-electron chi connectivity index (χ1n) is 7.57. The lowest BCUT2D eigenvalue weighted by Gasteiger charge is -2.22. The molecule has 0 unspecified atom stereocenters. The molecule has 0 aromatic heterocycles. The van der Waals surface area contributed by atoms with E-state index >= 15 is 0 Å². The molecule has 0 saturated heterocycles. The molecule has 2 aromatic rings. The van der Waals surface area contributed by atoms with Gasteiger partial charge < -0.3 is 15.3 Å². The van der Waals surface area contributed by atoms with Gasteiger partial charge in [-0.3, -0.25) is 0 Å². The van der Waals surface area contributed by atoms with Crippen molar-refractivity contribution in [2.24, 2.45) is 0 Å². The SMILES string of the molecule is CCCN(CCO)C(=O)Nc1ccccc1-c1ccccc1. The second kappa shape index (κ2) is 8.20. The second-order valence-electron chi connectivity index (χ2n) is 5.05. The zero-order valence-electron chi connectivity index (χ0n) is 12.8. The summed E-state index contributed by atoms with van der Waals surface area (Å²) in [4.78, 5) is 14.0. The van der Waals surface area contributed by atoms with Crippen molar-refractivity contribution in [3.8, 4) is 11.1 Å². The highest BCUT2D eigenvalue weighted by Crippen LogP contribution is 2.27. The van der Waals surface area contributed by atoms with Crippen molar-refractivity contribution in [2.75, 3.05) is 25.0 Å². The molecule has 2 N–H and O–H groups in total. The minimum absolute atomic E-state index is 0.0340. The summed E-state index contributed by atoms with van der Waals surface area (Å²) < 4.78 is 0. The molecular weight excluding hydrogens is 276 g/mol. The highest BCUT2D eigenvalue weighted by atomic mass is 16.3. The van der Waals surface area contributed by atoms with Gasteiger partial charge in [0.05, 0.1) is 12.3 Å². The first-order valence-corrected chi connectivity index (χ1v) is 7.57. The Labute approximate surface area is 131 Å². The van der Waals surface area contributed by atoms with E-state index in [1.807, 2.05) is 61.5 Å². The van der Waals surface area contributed by atoms with Gasteiger partial charge in [0.1, 0.15) is 0 Å². The van der Waals surface area contributed by atoms with Gasteiger partial charge in [0.25, 0.3) is 0 Å². The van der Waals surface area contributed by atoms with Gasteiger partial charge in [-0.15, -0.1) is 0 Å². The van der Waals surface area contributed by atoms with Crippen LogP contribution in [0.4, 0.5) is 10.5 Å². The van der Waals surface area contributed by atoms with E-state index in [0.29, 0.717) is 13.1 Å². The topological polar surface area (TPSA) is 52.6 Å². The van der Waals surface area contributed by atoms with Crippen LogP contribution in [0, 0.1) is 0 Å². The third kappa shape index (κ3) is 4.09. The van der Waals surface area contributed by atoms with Gasteiger partial charge in [-0.2, -0.15) is 0 Å². The molecule has 0 aliphatic heterocycles. The van der Waals surface area contributed by atoms with E-state index in [1.165, 1.54) is 0 Å². The maximum absolute atomic E-state index is 12.4. The van der Waals surface area contributed by atoms with Crippen LogP contribution in [0.2, 0.25) is 0 Å². The molecule has 0 bridgehead atoms. The van der Waals surface area contributed by atoms with Gasteiger partial charge in [0.2, 0.25) is 0 Å². The van der Waals surface area contributed by atoms with E-state index in [-0.39, 0.29) is 12.6 Å². The van der Waals surface area contributed by atoms with Gasteiger partial charge in [-0.25, -0.2) is 4.79 Å². The molecule has 2 rings (SSSR count). The first-order chi connectivity index (χ1) is 10.8. The van der Waals surface area contributed by atoms with Gasteiger partial charge in [-0.05, 0) is 18.1 Å². The first kappa shape index (κ1) is 16.0. The molecule has 0 fully saturated rings. The minimum atomic E-state index is -0.181. The molecule has 0 radical (unpaired) electrons. The highest BCUT2D eigenvalue weighted by Gasteiger charge is 2.14. The molecule has 4 heteroatoms. The normalized spacial score (nSPS) is 10.3. The average Bonchev–Trinajstić information content (AvgIpc) is 2.56. The van der Waals surface area contributed by atoms with Crippen LogP contribution in [0.3, 0.4) is 0 Å². The molecule has 0 aliphatic rings. The molecule has 116 valence electrons. The number of rotatable bonds is 6. The Morgan fingerprint density at radius 2 is 1.73 bits per heavy atom. The number of aliphatic hydroxyl groups excluding tert-OH is 1. The smallest absolute Gasteiger partial charge is 0.321 e. The van der Waals surface area contributed by atoms with Crippen molar-refractivity contribution in [1.82, 2.24) is 4.90 Å². The standard InChI is InChI=1S/C18H22N2O2/c1-2-12-20(13-14-21)18(22)19-17-11-7-6-10-16(17)15-8-4-3-5-9-15/h3-11,21H,2,12-14H2,1H3,(H,19,22). The lowest BCUT2D eigenvalue weighted by Crippen LogP contribution is -2.37. The number of urea groups is 1. The molecule has 2 amide bonds. The number of carbonyl (C=O) groups is 1. The lowest BCUT2D eigenvalue weighted by atomic mass is 10.0. The number of anilines is 1. The number of para-hydroxylation sites is 1. The Hall–Kier alpha value is -2.33. The van der Waals surface area contributed by atoms with Gasteiger partial charge >= 0.3 is 6.03 Å². The van der Waals surface area contributed by atoms with E-state index < -0.39 is 0 Å². The molecule has 4 nitrogen and oxygen atoms in total. The summed E-state index contributed by atoms with van der Waals surface area (Å²) in [5.74, 6) is 0. The van der Waals surface area contributed by atoms with E-state index in [4.69, 9.17) is 5.11 Å². The Morgan fingerprint density at radius 3 is 2.41 bits per heavy atom. The Kier molecular flexibility index (Phi) is 5.98. The van der Waals surface area contributed by atoms with Gasteiger partial charge in [0.15, 0.2) is 0 Å². The molecule has 0 atom stereocenters. The lowest BCUT2D eigenvalue weighted by molar-refractivity contribution is 0.188. The van der Waals surface area contributed by atoms with Crippen LogP contribution in [0.15, 0.2) is 54.6 Å². The molecule has 0 heterocycles. The van der Waals surface area contributed by atoms with Crippen LogP contribution in [-0.2, 0) is 0 Å². The second-order valence-corrected chi connectivity index (χ2v) is 5.05. The maximum Gasteiger partial charge on any atom is 0.321 e. The number of nitrogens with zero attached hydrogens (tertiary/aromatic N) is 1. The van der Waals surface area contributed by atoms with Crippen LogP contribution in [0.1, 0.15) is 13.3 Å². The van der Waals surface area contributed by atoms with Crippen LogP contribution < -0.4 is 5.32 Å². The highest BCUT2D eigenvalue weighted by molar-refractivity contribution is 5.94. The number of benzene rings is 2. The number of hydrogen-bond donors (Lipinski definition) is 2. The molecule has 22 heavy (non-hydrogen) atoms. The zero-order valence-corrected chi connectivity index (χ0v) is 12.8. The van der Waals surface area contributed by atoms with E-state index in [1.54, 1.807) is 4.90 Å². The number of carbonyl (C=O) groups excluding carboxylic acids is 1. The summed E-state index contributed by atoms with van der Waals surface area (Å²) >= 11 is 0. The minimum Gasteiger partial charge on any atom is -0.395 e. The van der Waals surface area contributed by atoms with E-state index in [0.717, 1.165) is 23.2 Å². The summed E-state index contributed by atoms with van der Waals surface area (Å²) in [6.45, 7) is 2.94. The van der Waals surface area contributed by atoms with Crippen LogP contribution in [-0.4, -0.2) is 35.7 Å². The monoisotopic (exact) mass is 298 g/mol. The third-order valence-corrected chi connectivity index (χ3v) is 3.40. The fourth-order valence-electron chi connectivity index (χ4n) is 2.36. The van der Waals surface area contributed by atoms with Crippen molar-refractivity contribution in [3.05, 3.63) is 54.6 Å². The summed E-state index contributed by atoms with van der Waals surface area (Å²) in [6.07, 6.45) is 0.855. The third-order valence-electron chi connectivity index (χ3n) is 3.40. The predicted molar refractivity (Wildman–Crippen MR) is 89.8 cm³/mol. The summed E-state index contributed by atoms with van der Waals surface area (Å²) in [6, 6.07) is 17.5. The average molecular weight is 298 g/mol. The van der Waals surface area contributed by atoms with Crippen molar-refractivity contribution >= 4 is 11.7 Å². The van der Waals surface area contributed by atoms with E-state index in [2.05, 4.69) is 5.32 Å². The maximum atomic E-state index is 12.4. The van der Waals surface area contributed by atoms with Crippen molar-refractivity contribution < 1.29 is 9.90 Å². The van der Waals surface area contributed by atoms with Crippen LogP contribution >= 0.6 is 0 Å². The molecule has 0 aliphatic carbocycles. The van der Waals surface area contributed by atoms with Crippen molar-refractivity contribution in [3.63, 3.8) is 0 Å². The van der Waals surface area contributed by atoms with E-state index in [9.17, 15) is 4.79 Å². The Balaban J connectivity index is 2.21. The molecule has 0 saturated carbocycles. The van der Waals surface area contributed by atoms with Crippen molar-refractivity contribution in [2.45, 2.75) is 13.3 Å². The number of hydrogen-bond acceptors (Lipinski definition) is 2. The summed E-state index contributed by atoms with van der Waals surface area (Å²) in [5, 5.41) is 12.0. The quantitative estimate of drug-likeness (QED) is 0.856. The van der Waals surface area contributed by atoms with Crippen LogP contribution in [0.5, 0.6) is 0 Å². The zero-order chi connectivity index (χ0) is 15.8. The molecule has 0 spiro atoms. The number of amides is 2. The summed E-state index contributed by atoms with van der Waals surface area (Å²) in [5.41, 5.74) is 2.82. The largest absolute Gasteiger partial charge is 0.395 e. The van der Waals surface area contributed by atoms with Crippen LogP contribution in [0.25, 0.3) is 11.1 Å². The fraction of sp³-hybridized carbons (Fsp3) is 0.278. The van der Waals surface area contributed by atoms with Crippen molar-refractivity contribution in [1.29, 1.82) is 0 Å². The molecular formula is C18H22N2O2. The Morgan fingerprint density at radius 1 is 1.05 bits per heavy atom. The number of nitrogens with one attached hydrogen (secondary N) is 1. The predicted octanol–water partition coefficient (Wildman–Crippen LogP) is 3.59. The Bertz CT molecular complexity index is 593. The number of aliphatic hydroxyl groups is 1. The van der Waals surface area contributed by atoms with Gasteiger partial charge in [-0.1, -0.05) is 55.5 Å². The summed E-state index contributed by atoms with van der Waals surface area (Å²) in [7, 11) is 0. The molecule has 2 aromatic carbocycles. The fourth-order valence-corrected chi connectivity index (χ4v) is 2.36. The van der Waals surface area contributed by atoms with Gasteiger partial charge in [0, 0.05) is 18.7 Å².